The highest BCUT2D eigenvalue weighted by Crippen LogP contribution is 2.14. The van der Waals surface area contributed by atoms with Gasteiger partial charge in [-0.2, -0.15) is 0 Å². The number of rotatable bonds is 8. The average Bonchev–Trinajstić information content (AvgIpc) is 2.76. The Labute approximate surface area is 104 Å². The maximum atomic E-state index is 3.63. The lowest BCUT2D eigenvalue weighted by molar-refractivity contribution is 0.437. The van der Waals surface area contributed by atoms with Crippen molar-refractivity contribution in [2.75, 3.05) is 6.54 Å². The zero-order valence-electron chi connectivity index (χ0n) is 10.8. The van der Waals surface area contributed by atoms with E-state index < -0.39 is 0 Å². The molecule has 2 heteroatoms. The van der Waals surface area contributed by atoms with Gasteiger partial charge in [-0.05, 0) is 43.7 Å². The molecule has 0 aliphatic rings. The lowest BCUT2D eigenvalue weighted by Gasteiger charge is -2.17. The molecule has 0 bridgehead atoms. The maximum Gasteiger partial charge on any atom is 0.00483 e. The summed E-state index contributed by atoms with van der Waals surface area (Å²) < 4.78 is 0. The van der Waals surface area contributed by atoms with Gasteiger partial charge in [0.2, 0.25) is 0 Å². The van der Waals surface area contributed by atoms with Gasteiger partial charge in [0.05, 0.1) is 0 Å². The summed E-state index contributed by atoms with van der Waals surface area (Å²) in [5.74, 6) is 0.739. The van der Waals surface area contributed by atoms with Crippen LogP contribution < -0.4 is 5.32 Å². The predicted molar refractivity (Wildman–Crippen MR) is 74.2 cm³/mol. The zero-order valence-corrected chi connectivity index (χ0v) is 11.6. The second-order valence-corrected chi connectivity index (χ2v) is 5.87. The van der Waals surface area contributed by atoms with Crippen molar-refractivity contribution in [1.29, 1.82) is 0 Å². The molecular weight excluding hydrogens is 214 g/mol. The van der Waals surface area contributed by atoms with Gasteiger partial charge in [-0.15, -0.1) is 11.3 Å². The van der Waals surface area contributed by atoms with Crippen molar-refractivity contribution in [1.82, 2.24) is 5.32 Å². The van der Waals surface area contributed by atoms with Crippen LogP contribution in [0.1, 0.15) is 44.9 Å². The molecular formula is C14H25NS. The van der Waals surface area contributed by atoms with E-state index in [1.54, 1.807) is 0 Å². The van der Waals surface area contributed by atoms with Crippen molar-refractivity contribution < 1.29 is 0 Å². The molecule has 0 radical (unpaired) electrons. The molecule has 2 unspecified atom stereocenters. The zero-order chi connectivity index (χ0) is 11.8. The summed E-state index contributed by atoms with van der Waals surface area (Å²) >= 11 is 1.87. The molecule has 0 amide bonds. The third-order valence-electron chi connectivity index (χ3n) is 2.94. The molecule has 0 saturated heterocycles. The first-order valence-electron chi connectivity index (χ1n) is 6.48. The van der Waals surface area contributed by atoms with Gasteiger partial charge in [-0.1, -0.05) is 32.8 Å². The Morgan fingerprint density at radius 2 is 2.19 bits per heavy atom. The van der Waals surface area contributed by atoms with E-state index in [0.717, 1.165) is 12.5 Å². The van der Waals surface area contributed by atoms with E-state index in [0.29, 0.717) is 6.04 Å². The van der Waals surface area contributed by atoms with Crippen LogP contribution in [0.15, 0.2) is 17.5 Å². The standard InChI is InChI=1S/C14H25NS/c1-4-5-7-13(3)15-11-12(2)10-14-8-6-9-16-14/h6,8-9,12-13,15H,4-5,7,10-11H2,1-3H3. The van der Waals surface area contributed by atoms with Crippen LogP contribution in [0.4, 0.5) is 0 Å². The molecule has 0 aliphatic heterocycles. The second kappa shape index (κ2) is 7.86. The van der Waals surface area contributed by atoms with E-state index >= 15 is 0 Å². The Bertz CT molecular complexity index is 256. The summed E-state index contributed by atoms with van der Waals surface area (Å²) in [6.07, 6.45) is 5.16. The fraction of sp³-hybridized carbons (Fsp3) is 0.714. The molecule has 1 N–H and O–H groups in total. The van der Waals surface area contributed by atoms with Gasteiger partial charge in [0.1, 0.15) is 0 Å². The highest BCUT2D eigenvalue weighted by Gasteiger charge is 2.06. The fourth-order valence-corrected chi connectivity index (χ4v) is 2.73. The number of nitrogens with one attached hydrogen (secondary N) is 1. The van der Waals surface area contributed by atoms with Crippen molar-refractivity contribution in [3.8, 4) is 0 Å². The fourth-order valence-electron chi connectivity index (χ4n) is 1.86. The highest BCUT2D eigenvalue weighted by atomic mass is 32.1. The summed E-state index contributed by atoms with van der Waals surface area (Å²) in [5.41, 5.74) is 0. The summed E-state index contributed by atoms with van der Waals surface area (Å²) in [5, 5.41) is 5.80. The molecule has 0 saturated carbocycles. The normalized spacial score (nSPS) is 14.9. The summed E-state index contributed by atoms with van der Waals surface area (Å²) in [6.45, 7) is 8.03. The summed E-state index contributed by atoms with van der Waals surface area (Å²) in [4.78, 5) is 1.51. The molecule has 1 rings (SSSR count). The molecule has 1 heterocycles. The Hall–Kier alpha value is -0.340. The predicted octanol–water partition coefficient (Wildman–Crippen LogP) is 4.10. The topological polar surface area (TPSA) is 12.0 Å². The van der Waals surface area contributed by atoms with Crippen LogP contribution in [0.25, 0.3) is 0 Å². The van der Waals surface area contributed by atoms with E-state index in [4.69, 9.17) is 0 Å². The third kappa shape index (κ3) is 5.66. The number of hydrogen-bond donors (Lipinski definition) is 1. The van der Waals surface area contributed by atoms with Gasteiger partial charge < -0.3 is 5.32 Å². The third-order valence-corrected chi connectivity index (χ3v) is 3.83. The highest BCUT2D eigenvalue weighted by molar-refractivity contribution is 7.09. The SMILES string of the molecule is CCCCC(C)NCC(C)Cc1cccs1. The largest absolute Gasteiger partial charge is 0.314 e. The van der Waals surface area contributed by atoms with Crippen LogP contribution in [0.2, 0.25) is 0 Å². The molecule has 0 spiro atoms. The van der Waals surface area contributed by atoms with Crippen LogP contribution in [0, 0.1) is 5.92 Å². The molecule has 1 aromatic rings. The molecule has 0 aliphatic carbocycles. The van der Waals surface area contributed by atoms with Gasteiger partial charge >= 0.3 is 0 Å². The second-order valence-electron chi connectivity index (χ2n) is 4.84. The summed E-state index contributed by atoms with van der Waals surface area (Å²) in [6, 6.07) is 5.05. The Morgan fingerprint density at radius 1 is 1.38 bits per heavy atom. The number of hydrogen-bond acceptors (Lipinski definition) is 2. The van der Waals surface area contributed by atoms with Crippen LogP contribution in [0.3, 0.4) is 0 Å². The van der Waals surface area contributed by atoms with Gasteiger partial charge in [-0.3, -0.25) is 0 Å². The van der Waals surface area contributed by atoms with Crippen molar-refractivity contribution in [3.05, 3.63) is 22.4 Å². The quantitative estimate of drug-likeness (QED) is 0.720. The van der Waals surface area contributed by atoms with E-state index in [2.05, 4.69) is 43.6 Å². The van der Waals surface area contributed by atoms with E-state index in [1.165, 1.54) is 30.6 Å². The Kier molecular flexibility index (Phi) is 6.74. The van der Waals surface area contributed by atoms with Gasteiger partial charge in [0, 0.05) is 10.9 Å². The molecule has 0 fully saturated rings. The maximum absolute atomic E-state index is 3.63. The van der Waals surface area contributed by atoms with Crippen LogP contribution in [0.5, 0.6) is 0 Å². The van der Waals surface area contributed by atoms with Gasteiger partial charge in [0.15, 0.2) is 0 Å². The molecule has 0 aromatic carbocycles. The average molecular weight is 239 g/mol. The first kappa shape index (κ1) is 13.7. The molecule has 1 aromatic heterocycles. The number of unbranched alkanes of at least 4 members (excludes halogenated alkanes) is 1. The molecule has 16 heavy (non-hydrogen) atoms. The van der Waals surface area contributed by atoms with Crippen molar-refractivity contribution >= 4 is 11.3 Å². The van der Waals surface area contributed by atoms with Crippen molar-refractivity contribution in [3.63, 3.8) is 0 Å². The minimum atomic E-state index is 0.672. The smallest absolute Gasteiger partial charge is 0.00483 e. The Balaban J connectivity index is 2.12. The lowest BCUT2D eigenvalue weighted by Crippen LogP contribution is -2.30. The minimum absolute atomic E-state index is 0.672. The van der Waals surface area contributed by atoms with Gasteiger partial charge in [0.25, 0.3) is 0 Å². The van der Waals surface area contributed by atoms with Gasteiger partial charge in [-0.25, -0.2) is 0 Å². The van der Waals surface area contributed by atoms with Crippen LogP contribution in [-0.4, -0.2) is 12.6 Å². The van der Waals surface area contributed by atoms with E-state index in [9.17, 15) is 0 Å². The van der Waals surface area contributed by atoms with E-state index in [1.807, 2.05) is 11.3 Å². The van der Waals surface area contributed by atoms with Crippen LogP contribution in [-0.2, 0) is 6.42 Å². The monoisotopic (exact) mass is 239 g/mol. The minimum Gasteiger partial charge on any atom is -0.314 e. The van der Waals surface area contributed by atoms with Crippen molar-refractivity contribution in [2.45, 2.75) is 52.5 Å². The molecule has 2 atom stereocenters. The number of thiophene rings is 1. The summed E-state index contributed by atoms with van der Waals surface area (Å²) in [7, 11) is 0. The van der Waals surface area contributed by atoms with E-state index in [-0.39, 0.29) is 0 Å². The lowest BCUT2D eigenvalue weighted by atomic mass is 10.1. The first-order valence-corrected chi connectivity index (χ1v) is 7.36. The van der Waals surface area contributed by atoms with Crippen LogP contribution >= 0.6 is 11.3 Å². The van der Waals surface area contributed by atoms with Crippen molar-refractivity contribution in [2.24, 2.45) is 5.92 Å². The molecule has 92 valence electrons. The molecule has 1 nitrogen and oxygen atoms in total. The first-order chi connectivity index (χ1) is 7.72. The Morgan fingerprint density at radius 3 is 2.81 bits per heavy atom.